The fourth-order valence-corrected chi connectivity index (χ4v) is 0.892. The molecular formula is C9H21NO3. The van der Waals surface area contributed by atoms with E-state index in [-0.39, 0.29) is 0 Å². The van der Waals surface area contributed by atoms with Crippen molar-refractivity contribution in [1.29, 1.82) is 0 Å². The van der Waals surface area contributed by atoms with Crippen LogP contribution >= 0.6 is 0 Å². The van der Waals surface area contributed by atoms with Crippen molar-refractivity contribution >= 4 is 0 Å². The fraction of sp³-hybridized carbons (Fsp3) is 1.00. The first-order valence-electron chi connectivity index (χ1n) is 4.73. The molecule has 13 heavy (non-hydrogen) atoms. The summed E-state index contributed by atoms with van der Waals surface area (Å²) >= 11 is 0. The number of aliphatic hydroxyl groups excluding tert-OH is 1. The second-order valence-electron chi connectivity index (χ2n) is 2.91. The Labute approximate surface area is 80.2 Å². The van der Waals surface area contributed by atoms with E-state index in [2.05, 4.69) is 5.32 Å². The van der Waals surface area contributed by atoms with Crippen LogP contribution in [0, 0.1) is 0 Å². The van der Waals surface area contributed by atoms with Gasteiger partial charge < -0.3 is 14.6 Å². The largest absolute Gasteiger partial charge is 0.385 e. The van der Waals surface area contributed by atoms with Gasteiger partial charge in [-0.05, 0) is 19.9 Å². The zero-order chi connectivity index (χ0) is 9.94. The van der Waals surface area contributed by atoms with Crippen LogP contribution in [-0.4, -0.2) is 45.3 Å². The number of hydrogen-bond acceptors (Lipinski definition) is 4. The smallest absolute Gasteiger partial charge is 0.106 e. The maximum Gasteiger partial charge on any atom is 0.106 e. The number of aliphatic hydroxyl groups is 1. The summed E-state index contributed by atoms with van der Waals surface area (Å²) in [5, 5.41) is 11.8. The van der Waals surface area contributed by atoms with Crippen LogP contribution in [0.1, 0.15) is 19.3 Å². The molecule has 0 fully saturated rings. The number of hydrogen-bond donors (Lipinski definition) is 2. The molecular weight excluding hydrogens is 170 g/mol. The van der Waals surface area contributed by atoms with E-state index in [4.69, 9.17) is 14.6 Å². The first kappa shape index (κ1) is 12.8. The van der Waals surface area contributed by atoms with Crippen molar-refractivity contribution in [2.45, 2.75) is 25.5 Å². The Kier molecular flexibility index (Phi) is 9.80. The van der Waals surface area contributed by atoms with Gasteiger partial charge in [-0.2, -0.15) is 0 Å². The van der Waals surface area contributed by atoms with Gasteiger partial charge in [0.15, 0.2) is 0 Å². The third kappa shape index (κ3) is 9.76. The van der Waals surface area contributed by atoms with E-state index in [1.54, 1.807) is 14.2 Å². The molecule has 0 aliphatic carbocycles. The predicted octanol–water partition coefficient (Wildman–Crippen LogP) is 0.357. The van der Waals surface area contributed by atoms with Crippen LogP contribution in [0.25, 0.3) is 0 Å². The highest BCUT2D eigenvalue weighted by molar-refractivity contribution is 4.47. The summed E-state index contributed by atoms with van der Waals surface area (Å²) in [6.07, 6.45) is 2.24. The topological polar surface area (TPSA) is 50.7 Å². The maximum absolute atomic E-state index is 9.09. The molecule has 1 atom stereocenters. The minimum atomic E-state index is -0.445. The van der Waals surface area contributed by atoms with Crippen molar-refractivity contribution in [2.24, 2.45) is 0 Å². The van der Waals surface area contributed by atoms with E-state index in [0.29, 0.717) is 13.0 Å². The van der Waals surface area contributed by atoms with Gasteiger partial charge in [-0.15, -0.1) is 0 Å². The lowest BCUT2D eigenvalue weighted by molar-refractivity contribution is 0.0658. The van der Waals surface area contributed by atoms with Gasteiger partial charge in [0.25, 0.3) is 0 Å². The third-order valence-electron chi connectivity index (χ3n) is 1.76. The average Bonchev–Trinajstić information content (AvgIpc) is 2.16. The van der Waals surface area contributed by atoms with Crippen LogP contribution in [0.15, 0.2) is 0 Å². The van der Waals surface area contributed by atoms with Crippen molar-refractivity contribution in [3.05, 3.63) is 0 Å². The molecule has 0 amide bonds. The van der Waals surface area contributed by atoms with Gasteiger partial charge in [-0.3, -0.25) is 5.32 Å². The quantitative estimate of drug-likeness (QED) is 0.408. The monoisotopic (exact) mass is 191 g/mol. The van der Waals surface area contributed by atoms with Gasteiger partial charge in [-0.25, -0.2) is 0 Å². The van der Waals surface area contributed by atoms with Crippen LogP contribution in [-0.2, 0) is 9.47 Å². The van der Waals surface area contributed by atoms with Crippen LogP contribution in [0.2, 0.25) is 0 Å². The summed E-state index contributed by atoms with van der Waals surface area (Å²) in [4.78, 5) is 0. The van der Waals surface area contributed by atoms with Crippen molar-refractivity contribution in [2.75, 3.05) is 34.0 Å². The van der Waals surface area contributed by atoms with Gasteiger partial charge in [0.2, 0.25) is 0 Å². The lowest BCUT2D eigenvalue weighted by atomic mass is 10.3. The molecule has 0 aliphatic rings. The van der Waals surface area contributed by atoms with Crippen LogP contribution in [0.5, 0.6) is 0 Å². The SMILES string of the molecule is CNC(O)CCOCCCCOC. The highest BCUT2D eigenvalue weighted by atomic mass is 16.5. The molecule has 4 heteroatoms. The lowest BCUT2D eigenvalue weighted by Gasteiger charge is -2.08. The molecule has 0 heterocycles. The maximum atomic E-state index is 9.09. The molecule has 0 saturated heterocycles. The molecule has 0 aromatic heterocycles. The Morgan fingerprint density at radius 1 is 1.23 bits per heavy atom. The average molecular weight is 191 g/mol. The van der Waals surface area contributed by atoms with Crippen molar-refractivity contribution in [3.8, 4) is 0 Å². The number of ether oxygens (including phenoxy) is 2. The normalized spacial score (nSPS) is 13.2. The Morgan fingerprint density at radius 2 is 1.92 bits per heavy atom. The lowest BCUT2D eigenvalue weighted by Crippen LogP contribution is -2.25. The van der Waals surface area contributed by atoms with Crippen molar-refractivity contribution < 1.29 is 14.6 Å². The number of methoxy groups -OCH3 is 1. The summed E-state index contributed by atoms with van der Waals surface area (Å²) in [6.45, 7) is 2.15. The van der Waals surface area contributed by atoms with Crippen LogP contribution in [0.3, 0.4) is 0 Å². The number of nitrogens with one attached hydrogen (secondary N) is 1. The zero-order valence-corrected chi connectivity index (χ0v) is 8.58. The predicted molar refractivity (Wildman–Crippen MR) is 51.6 cm³/mol. The molecule has 0 aromatic carbocycles. The van der Waals surface area contributed by atoms with Gasteiger partial charge in [-0.1, -0.05) is 0 Å². The number of unbranched alkanes of at least 4 members (excludes halogenated alkanes) is 1. The highest BCUT2D eigenvalue weighted by Crippen LogP contribution is 1.93. The van der Waals surface area contributed by atoms with Crippen molar-refractivity contribution in [3.63, 3.8) is 0 Å². The fourth-order valence-electron chi connectivity index (χ4n) is 0.892. The Hall–Kier alpha value is -0.160. The third-order valence-corrected chi connectivity index (χ3v) is 1.76. The Bertz CT molecular complexity index is 101. The molecule has 0 aromatic rings. The second kappa shape index (κ2) is 9.92. The van der Waals surface area contributed by atoms with E-state index < -0.39 is 6.23 Å². The van der Waals surface area contributed by atoms with Crippen molar-refractivity contribution in [1.82, 2.24) is 5.32 Å². The van der Waals surface area contributed by atoms with Crippen LogP contribution < -0.4 is 5.32 Å². The van der Waals surface area contributed by atoms with Gasteiger partial charge in [0.1, 0.15) is 6.23 Å². The van der Waals surface area contributed by atoms with Crippen LogP contribution in [0.4, 0.5) is 0 Å². The molecule has 2 N–H and O–H groups in total. The molecule has 0 radical (unpaired) electrons. The Balaban J connectivity index is 2.91. The highest BCUT2D eigenvalue weighted by Gasteiger charge is 1.98. The molecule has 1 unspecified atom stereocenters. The molecule has 0 aliphatic heterocycles. The van der Waals surface area contributed by atoms with E-state index in [1.165, 1.54) is 0 Å². The van der Waals surface area contributed by atoms with E-state index in [0.717, 1.165) is 26.1 Å². The summed E-state index contributed by atoms with van der Waals surface area (Å²) in [5.74, 6) is 0. The van der Waals surface area contributed by atoms with E-state index >= 15 is 0 Å². The second-order valence-corrected chi connectivity index (χ2v) is 2.91. The minimum Gasteiger partial charge on any atom is -0.385 e. The van der Waals surface area contributed by atoms with E-state index in [1.807, 2.05) is 0 Å². The summed E-state index contributed by atoms with van der Waals surface area (Å²) in [7, 11) is 3.42. The summed E-state index contributed by atoms with van der Waals surface area (Å²) in [6, 6.07) is 0. The molecule has 80 valence electrons. The summed E-state index contributed by atoms with van der Waals surface area (Å²) in [5.41, 5.74) is 0. The first-order valence-corrected chi connectivity index (χ1v) is 4.73. The molecule has 4 nitrogen and oxygen atoms in total. The minimum absolute atomic E-state index is 0.445. The van der Waals surface area contributed by atoms with E-state index in [9.17, 15) is 0 Å². The van der Waals surface area contributed by atoms with Gasteiger partial charge in [0, 0.05) is 26.7 Å². The Morgan fingerprint density at radius 3 is 2.54 bits per heavy atom. The molecule has 0 bridgehead atoms. The number of rotatable bonds is 9. The first-order chi connectivity index (χ1) is 6.31. The molecule has 0 rings (SSSR count). The standard InChI is InChI=1S/C9H21NO3/c1-10-9(11)5-8-13-7-4-3-6-12-2/h9-11H,3-8H2,1-2H3. The zero-order valence-electron chi connectivity index (χ0n) is 8.58. The molecule has 0 spiro atoms. The van der Waals surface area contributed by atoms with Gasteiger partial charge >= 0.3 is 0 Å². The van der Waals surface area contributed by atoms with Gasteiger partial charge in [0.05, 0.1) is 6.61 Å². The molecule has 0 saturated carbocycles. The summed E-state index contributed by atoms with van der Waals surface area (Å²) < 4.78 is 10.2.